The van der Waals surface area contributed by atoms with Gasteiger partial charge in [0.25, 0.3) is 0 Å². The molecule has 0 aliphatic heterocycles. The van der Waals surface area contributed by atoms with Gasteiger partial charge in [-0.15, -0.1) is 0 Å². The second kappa shape index (κ2) is 6.20. The molecular weight excluding hydrogens is 276 g/mol. The number of amides is 1. The van der Waals surface area contributed by atoms with E-state index in [-0.39, 0.29) is 5.91 Å². The second-order valence-electron chi connectivity index (χ2n) is 5.63. The zero-order chi connectivity index (χ0) is 15.5. The van der Waals surface area contributed by atoms with E-state index in [0.717, 1.165) is 18.7 Å². The first-order valence-corrected chi connectivity index (χ1v) is 7.44. The predicted octanol–water partition coefficient (Wildman–Crippen LogP) is 2.44. The third-order valence-corrected chi connectivity index (χ3v) is 4.16. The third-order valence-electron chi connectivity index (χ3n) is 4.16. The Hall–Kier alpha value is -2.33. The van der Waals surface area contributed by atoms with Crippen LogP contribution in [0.4, 0.5) is 0 Å². The molecule has 1 fully saturated rings. The number of carbonyl (C=O) groups excluding carboxylic acids is 1. The van der Waals surface area contributed by atoms with E-state index < -0.39 is 0 Å². The number of nitrogens with two attached hydrogens (primary N) is 1. The third kappa shape index (κ3) is 3.12. The monoisotopic (exact) mass is 296 g/mol. The van der Waals surface area contributed by atoms with Crippen LogP contribution in [0.15, 0.2) is 48.5 Å². The molecule has 2 atom stereocenters. The lowest BCUT2D eigenvalue weighted by atomic mass is 10.1. The zero-order valence-electron chi connectivity index (χ0n) is 12.6. The average molecular weight is 296 g/mol. The molecule has 114 valence electrons. The number of primary amides is 1. The summed E-state index contributed by atoms with van der Waals surface area (Å²) in [6, 6.07) is 16.1. The molecule has 0 bridgehead atoms. The Kier molecular flexibility index (Phi) is 4.11. The molecule has 2 unspecified atom stereocenters. The van der Waals surface area contributed by atoms with Gasteiger partial charge in [0.2, 0.25) is 5.91 Å². The number of ether oxygens (including phenoxy) is 1. The van der Waals surface area contributed by atoms with E-state index in [0.29, 0.717) is 17.5 Å². The summed E-state index contributed by atoms with van der Waals surface area (Å²) < 4.78 is 5.36. The molecule has 0 saturated heterocycles. The lowest BCUT2D eigenvalue weighted by Gasteiger charge is -2.09. The first-order valence-electron chi connectivity index (χ1n) is 7.44. The second-order valence-corrected chi connectivity index (χ2v) is 5.63. The fourth-order valence-electron chi connectivity index (χ4n) is 2.77. The molecule has 2 aromatic carbocycles. The minimum Gasteiger partial charge on any atom is -0.496 e. The van der Waals surface area contributed by atoms with Crippen molar-refractivity contribution >= 4 is 5.91 Å². The van der Waals surface area contributed by atoms with Gasteiger partial charge in [0.15, 0.2) is 0 Å². The number of benzene rings is 2. The van der Waals surface area contributed by atoms with Gasteiger partial charge < -0.3 is 15.8 Å². The van der Waals surface area contributed by atoms with Gasteiger partial charge in [0, 0.05) is 29.6 Å². The molecule has 0 radical (unpaired) electrons. The Morgan fingerprint density at radius 3 is 2.64 bits per heavy atom. The zero-order valence-corrected chi connectivity index (χ0v) is 12.6. The van der Waals surface area contributed by atoms with Crippen LogP contribution in [0, 0.1) is 0 Å². The van der Waals surface area contributed by atoms with Crippen LogP contribution < -0.4 is 15.8 Å². The molecule has 1 aliphatic rings. The van der Waals surface area contributed by atoms with Crippen molar-refractivity contribution in [1.82, 2.24) is 5.32 Å². The summed E-state index contributed by atoms with van der Waals surface area (Å²) in [6.07, 6.45) is 1.12. The molecule has 1 amide bonds. The van der Waals surface area contributed by atoms with Crippen molar-refractivity contribution in [2.45, 2.75) is 24.9 Å². The molecule has 1 saturated carbocycles. The van der Waals surface area contributed by atoms with Crippen LogP contribution in [0.25, 0.3) is 0 Å². The molecule has 1 aliphatic carbocycles. The highest BCUT2D eigenvalue weighted by Gasteiger charge is 2.37. The summed E-state index contributed by atoms with van der Waals surface area (Å²) in [5.74, 6) is 1.04. The summed E-state index contributed by atoms with van der Waals surface area (Å²) >= 11 is 0. The van der Waals surface area contributed by atoms with Crippen LogP contribution in [0.2, 0.25) is 0 Å². The summed E-state index contributed by atoms with van der Waals surface area (Å²) in [7, 11) is 1.69. The van der Waals surface area contributed by atoms with Crippen molar-refractivity contribution in [1.29, 1.82) is 0 Å². The maximum atomic E-state index is 11.1. The first-order chi connectivity index (χ1) is 10.7. The van der Waals surface area contributed by atoms with E-state index in [1.54, 1.807) is 19.2 Å². The molecule has 2 aromatic rings. The van der Waals surface area contributed by atoms with Gasteiger partial charge in [-0.2, -0.15) is 0 Å². The van der Waals surface area contributed by atoms with Crippen LogP contribution in [0.5, 0.6) is 5.75 Å². The number of para-hydroxylation sites is 1. The van der Waals surface area contributed by atoms with Crippen LogP contribution >= 0.6 is 0 Å². The molecule has 4 heteroatoms. The Labute approximate surface area is 130 Å². The van der Waals surface area contributed by atoms with Crippen LogP contribution in [-0.2, 0) is 6.54 Å². The van der Waals surface area contributed by atoms with Crippen LogP contribution in [-0.4, -0.2) is 19.1 Å². The number of carbonyl (C=O) groups is 1. The van der Waals surface area contributed by atoms with Gasteiger partial charge in [0.05, 0.1) is 7.11 Å². The van der Waals surface area contributed by atoms with Crippen molar-refractivity contribution in [3.8, 4) is 5.75 Å². The Balaban J connectivity index is 1.57. The van der Waals surface area contributed by atoms with Gasteiger partial charge in [-0.1, -0.05) is 30.3 Å². The Morgan fingerprint density at radius 2 is 1.95 bits per heavy atom. The molecule has 3 rings (SSSR count). The first kappa shape index (κ1) is 14.6. The van der Waals surface area contributed by atoms with E-state index in [9.17, 15) is 4.79 Å². The topological polar surface area (TPSA) is 64.3 Å². The summed E-state index contributed by atoms with van der Waals surface area (Å²) in [5.41, 5.74) is 8.24. The number of hydrogen-bond donors (Lipinski definition) is 2. The van der Waals surface area contributed by atoms with Gasteiger partial charge in [-0.25, -0.2) is 0 Å². The fraction of sp³-hybridized carbons (Fsp3) is 0.278. The van der Waals surface area contributed by atoms with Crippen LogP contribution in [0.3, 0.4) is 0 Å². The smallest absolute Gasteiger partial charge is 0.248 e. The summed E-state index contributed by atoms with van der Waals surface area (Å²) in [4.78, 5) is 11.1. The molecule has 22 heavy (non-hydrogen) atoms. The molecule has 0 spiro atoms. The molecular formula is C18H20N2O2. The average Bonchev–Trinajstić information content (AvgIpc) is 3.33. The van der Waals surface area contributed by atoms with E-state index >= 15 is 0 Å². The molecule has 0 heterocycles. The van der Waals surface area contributed by atoms with Gasteiger partial charge >= 0.3 is 0 Å². The highest BCUT2D eigenvalue weighted by Crippen LogP contribution is 2.41. The maximum absolute atomic E-state index is 11.1. The minimum absolute atomic E-state index is 0.381. The van der Waals surface area contributed by atoms with E-state index in [4.69, 9.17) is 10.5 Å². The number of hydrogen-bond acceptors (Lipinski definition) is 3. The van der Waals surface area contributed by atoms with E-state index in [1.807, 2.05) is 30.3 Å². The van der Waals surface area contributed by atoms with Crippen LogP contribution in [0.1, 0.15) is 33.8 Å². The number of rotatable bonds is 6. The van der Waals surface area contributed by atoms with Crippen molar-refractivity contribution < 1.29 is 9.53 Å². The molecule has 3 N–H and O–H groups in total. The quantitative estimate of drug-likeness (QED) is 0.860. The minimum atomic E-state index is -0.381. The number of methoxy groups -OCH3 is 1. The van der Waals surface area contributed by atoms with E-state index in [1.165, 1.54) is 11.1 Å². The van der Waals surface area contributed by atoms with E-state index in [2.05, 4.69) is 11.4 Å². The van der Waals surface area contributed by atoms with Gasteiger partial charge in [-0.3, -0.25) is 4.79 Å². The standard InChI is InChI=1S/C18H20N2O2/c1-22-17-5-3-2-4-14(17)11-20-16-10-15(16)12-6-8-13(9-7-12)18(19)21/h2-9,15-16,20H,10-11H2,1H3,(H2,19,21). The molecule has 4 nitrogen and oxygen atoms in total. The van der Waals surface area contributed by atoms with Gasteiger partial charge in [0.1, 0.15) is 5.75 Å². The highest BCUT2D eigenvalue weighted by molar-refractivity contribution is 5.92. The van der Waals surface area contributed by atoms with Crippen molar-refractivity contribution in [3.63, 3.8) is 0 Å². The SMILES string of the molecule is COc1ccccc1CNC1CC1c1ccc(C(N)=O)cc1. The normalized spacial score (nSPS) is 19.7. The lowest BCUT2D eigenvalue weighted by molar-refractivity contribution is 0.100. The van der Waals surface area contributed by atoms with Crippen molar-refractivity contribution in [3.05, 3.63) is 65.2 Å². The lowest BCUT2D eigenvalue weighted by Crippen LogP contribution is -2.17. The largest absolute Gasteiger partial charge is 0.496 e. The number of nitrogens with one attached hydrogen (secondary N) is 1. The Morgan fingerprint density at radius 1 is 1.23 bits per heavy atom. The van der Waals surface area contributed by atoms with Crippen molar-refractivity contribution in [2.75, 3.05) is 7.11 Å². The Bertz CT molecular complexity index is 667. The summed E-state index contributed by atoms with van der Waals surface area (Å²) in [6.45, 7) is 0.796. The molecule has 0 aromatic heterocycles. The highest BCUT2D eigenvalue weighted by atomic mass is 16.5. The maximum Gasteiger partial charge on any atom is 0.248 e. The van der Waals surface area contributed by atoms with Gasteiger partial charge in [-0.05, 0) is 30.2 Å². The fourth-order valence-corrected chi connectivity index (χ4v) is 2.77. The summed E-state index contributed by atoms with van der Waals surface area (Å²) in [5, 5.41) is 3.56. The van der Waals surface area contributed by atoms with Crippen molar-refractivity contribution in [2.24, 2.45) is 5.73 Å². The predicted molar refractivity (Wildman–Crippen MR) is 85.9 cm³/mol.